The molecule has 0 spiro atoms. The molecule has 0 aliphatic rings. The van der Waals surface area contributed by atoms with Crippen LogP contribution in [0.5, 0.6) is 5.88 Å². The molecule has 1 aromatic heterocycles. The topological polar surface area (TPSA) is 89.3 Å². The highest BCUT2D eigenvalue weighted by atomic mass is 35.5. The summed E-state index contributed by atoms with van der Waals surface area (Å²) in [5.41, 5.74) is 9.29. The monoisotopic (exact) mass is 470 g/mol. The predicted octanol–water partition coefficient (Wildman–Crippen LogP) is 4.15. The standard InChI is InChI=1S/C24H27ClN4O2S/c1-16(23(30)28-13-17-7-9-19(25)10-8-17)31-24-22(27-14-20(26)15-32)12-11-21(29-24)18-5-3-2-4-6-18/h2-12,16,20,27,32H,13-15,26H2,1H3,(H,28,30). The van der Waals surface area contributed by atoms with Gasteiger partial charge < -0.3 is 21.1 Å². The van der Waals surface area contributed by atoms with Crippen LogP contribution in [0, 0.1) is 0 Å². The molecular weight excluding hydrogens is 444 g/mol. The lowest BCUT2D eigenvalue weighted by Crippen LogP contribution is -2.36. The highest BCUT2D eigenvalue weighted by Crippen LogP contribution is 2.28. The van der Waals surface area contributed by atoms with Crippen molar-refractivity contribution >= 4 is 35.8 Å². The third kappa shape index (κ3) is 6.88. The molecular formula is C24H27ClN4O2S. The number of benzene rings is 2. The molecule has 0 aliphatic heterocycles. The maximum Gasteiger partial charge on any atom is 0.261 e. The Morgan fingerprint density at radius 2 is 1.84 bits per heavy atom. The number of carbonyl (C=O) groups is 1. The highest BCUT2D eigenvalue weighted by molar-refractivity contribution is 7.80. The molecule has 0 saturated heterocycles. The fraction of sp³-hybridized carbons (Fsp3) is 0.250. The molecule has 0 saturated carbocycles. The van der Waals surface area contributed by atoms with Gasteiger partial charge in [-0.3, -0.25) is 4.79 Å². The molecule has 2 atom stereocenters. The number of thiol groups is 1. The summed E-state index contributed by atoms with van der Waals surface area (Å²) in [6.07, 6.45) is -0.750. The minimum atomic E-state index is -0.750. The summed E-state index contributed by atoms with van der Waals surface area (Å²) in [4.78, 5) is 17.3. The molecule has 0 radical (unpaired) electrons. The van der Waals surface area contributed by atoms with Crippen molar-refractivity contribution in [1.29, 1.82) is 0 Å². The van der Waals surface area contributed by atoms with Crippen LogP contribution in [0.2, 0.25) is 5.02 Å². The van der Waals surface area contributed by atoms with Crippen LogP contribution in [0.1, 0.15) is 12.5 Å². The van der Waals surface area contributed by atoms with E-state index in [2.05, 4.69) is 28.2 Å². The molecule has 0 fully saturated rings. The van der Waals surface area contributed by atoms with E-state index in [4.69, 9.17) is 22.1 Å². The lowest BCUT2D eigenvalue weighted by Gasteiger charge is -2.19. The van der Waals surface area contributed by atoms with E-state index >= 15 is 0 Å². The number of hydrogen-bond acceptors (Lipinski definition) is 6. The van der Waals surface area contributed by atoms with Crippen molar-refractivity contribution in [2.24, 2.45) is 5.73 Å². The Bertz CT molecular complexity index is 1020. The molecule has 2 unspecified atom stereocenters. The molecule has 0 bridgehead atoms. The zero-order valence-electron chi connectivity index (χ0n) is 17.8. The number of pyridine rings is 1. The van der Waals surface area contributed by atoms with Crippen molar-refractivity contribution in [3.8, 4) is 17.1 Å². The predicted molar refractivity (Wildman–Crippen MR) is 133 cm³/mol. The van der Waals surface area contributed by atoms with E-state index in [-0.39, 0.29) is 11.9 Å². The lowest BCUT2D eigenvalue weighted by molar-refractivity contribution is -0.127. The van der Waals surface area contributed by atoms with Gasteiger partial charge in [0, 0.05) is 35.5 Å². The number of halogens is 1. The van der Waals surface area contributed by atoms with Gasteiger partial charge in [0.2, 0.25) is 5.88 Å². The van der Waals surface area contributed by atoms with Crippen LogP contribution in [-0.2, 0) is 11.3 Å². The van der Waals surface area contributed by atoms with Crippen molar-refractivity contribution in [2.75, 3.05) is 17.6 Å². The van der Waals surface area contributed by atoms with Crippen LogP contribution in [0.3, 0.4) is 0 Å². The summed E-state index contributed by atoms with van der Waals surface area (Å²) in [6.45, 7) is 2.57. The number of anilines is 1. The first-order valence-corrected chi connectivity index (χ1v) is 11.3. The first-order valence-electron chi connectivity index (χ1n) is 10.3. The summed E-state index contributed by atoms with van der Waals surface area (Å²) in [7, 11) is 0. The van der Waals surface area contributed by atoms with E-state index in [0.717, 1.165) is 16.8 Å². The van der Waals surface area contributed by atoms with Crippen LogP contribution in [-0.4, -0.2) is 35.3 Å². The van der Waals surface area contributed by atoms with Crippen LogP contribution in [0.4, 0.5) is 5.69 Å². The lowest BCUT2D eigenvalue weighted by atomic mass is 10.1. The van der Waals surface area contributed by atoms with Gasteiger partial charge in [0.05, 0.1) is 11.4 Å². The summed E-state index contributed by atoms with van der Waals surface area (Å²) < 4.78 is 5.98. The molecule has 4 N–H and O–H groups in total. The van der Waals surface area contributed by atoms with Crippen molar-refractivity contribution in [3.63, 3.8) is 0 Å². The van der Waals surface area contributed by atoms with Gasteiger partial charge in [-0.25, -0.2) is 4.98 Å². The summed E-state index contributed by atoms with van der Waals surface area (Å²) in [5, 5.41) is 6.77. The summed E-state index contributed by atoms with van der Waals surface area (Å²) in [5.74, 6) is 0.638. The van der Waals surface area contributed by atoms with Gasteiger partial charge in [0.15, 0.2) is 6.10 Å². The van der Waals surface area contributed by atoms with E-state index in [1.54, 1.807) is 19.1 Å². The summed E-state index contributed by atoms with van der Waals surface area (Å²) in [6, 6.07) is 20.8. The second kappa shape index (κ2) is 11.8. The van der Waals surface area contributed by atoms with Gasteiger partial charge in [-0.05, 0) is 36.8 Å². The average molecular weight is 471 g/mol. The normalized spacial score (nSPS) is 12.6. The molecule has 8 heteroatoms. The number of aromatic nitrogens is 1. The van der Waals surface area contributed by atoms with Gasteiger partial charge in [-0.2, -0.15) is 12.6 Å². The second-order valence-corrected chi connectivity index (χ2v) is 8.14. The quantitative estimate of drug-likeness (QED) is 0.334. The smallest absolute Gasteiger partial charge is 0.261 e. The maximum atomic E-state index is 12.6. The minimum absolute atomic E-state index is 0.125. The third-order valence-electron chi connectivity index (χ3n) is 4.76. The highest BCUT2D eigenvalue weighted by Gasteiger charge is 2.18. The molecule has 1 amide bonds. The number of ether oxygens (including phenoxy) is 1. The number of carbonyl (C=O) groups excluding carboxylic acids is 1. The fourth-order valence-corrected chi connectivity index (χ4v) is 3.15. The Morgan fingerprint density at radius 3 is 2.53 bits per heavy atom. The zero-order chi connectivity index (χ0) is 22.9. The Balaban J connectivity index is 1.73. The van der Waals surface area contributed by atoms with Gasteiger partial charge in [-0.1, -0.05) is 54.1 Å². The van der Waals surface area contributed by atoms with E-state index in [1.165, 1.54) is 0 Å². The Kier molecular flexibility index (Phi) is 8.79. The number of nitrogens with one attached hydrogen (secondary N) is 2. The molecule has 3 rings (SSSR count). The molecule has 1 heterocycles. The number of hydrogen-bond donors (Lipinski definition) is 4. The minimum Gasteiger partial charge on any atom is -0.463 e. The fourth-order valence-electron chi connectivity index (χ4n) is 2.90. The Hall–Kier alpha value is -2.74. The molecule has 168 valence electrons. The average Bonchev–Trinajstić information content (AvgIpc) is 2.82. The van der Waals surface area contributed by atoms with Gasteiger partial charge in [0.25, 0.3) is 5.91 Å². The van der Waals surface area contributed by atoms with E-state index in [9.17, 15) is 4.79 Å². The zero-order valence-corrected chi connectivity index (χ0v) is 19.4. The van der Waals surface area contributed by atoms with Crippen molar-refractivity contribution in [2.45, 2.75) is 25.6 Å². The van der Waals surface area contributed by atoms with Crippen molar-refractivity contribution in [1.82, 2.24) is 10.3 Å². The number of rotatable bonds is 10. The van der Waals surface area contributed by atoms with Crippen molar-refractivity contribution in [3.05, 3.63) is 77.3 Å². The van der Waals surface area contributed by atoms with Gasteiger partial charge in [-0.15, -0.1) is 0 Å². The molecule has 3 aromatic rings. The third-order valence-corrected chi connectivity index (χ3v) is 5.48. The largest absolute Gasteiger partial charge is 0.463 e. The van der Waals surface area contributed by atoms with E-state index < -0.39 is 6.10 Å². The van der Waals surface area contributed by atoms with Crippen LogP contribution >= 0.6 is 24.2 Å². The maximum absolute atomic E-state index is 12.6. The summed E-state index contributed by atoms with van der Waals surface area (Å²) >= 11 is 10.1. The van der Waals surface area contributed by atoms with E-state index in [1.807, 2.05) is 54.6 Å². The SMILES string of the molecule is CC(Oc1nc(-c2ccccc2)ccc1NCC(N)CS)C(=O)NCc1ccc(Cl)cc1. The second-order valence-electron chi connectivity index (χ2n) is 7.34. The first-order chi connectivity index (χ1) is 15.5. The van der Waals surface area contributed by atoms with Crippen molar-refractivity contribution < 1.29 is 9.53 Å². The molecule has 2 aromatic carbocycles. The van der Waals surface area contributed by atoms with Gasteiger partial charge in [0.1, 0.15) is 0 Å². The number of nitrogens with two attached hydrogens (primary N) is 1. The van der Waals surface area contributed by atoms with Crippen LogP contribution < -0.4 is 21.1 Å². The molecule has 32 heavy (non-hydrogen) atoms. The molecule has 6 nitrogen and oxygen atoms in total. The van der Waals surface area contributed by atoms with E-state index in [0.29, 0.717) is 35.4 Å². The first kappa shape index (κ1) is 23.9. The Morgan fingerprint density at radius 1 is 1.12 bits per heavy atom. The number of nitrogens with zero attached hydrogens (tertiary/aromatic N) is 1. The van der Waals surface area contributed by atoms with Crippen LogP contribution in [0.25, 0.3) is 11.3 Å². The molecule has 0 aliphatic carbocycles. The van der Waals surface area contributed by atoms with Crippen LogP contribution in [0.15, 0.2) is 66.7 Å². The number of amides is 1. The van der Waals surface area contributed by atoms with Gasteiger partial charge >= 0.3 is 0 Å². The Labute approximate surface area is 198 Å².